The van der Waals surface area contributed by atoms with Crippen LogP contribution in [0.5, 0.6) is 0 Å². The molecular weight excluding hydrogens is 264 g/mol. The van der Waals surface area contributed by atoms with Crippen LogP contribution >= 0.6 is 0 Å². The van der Waals surface area contributed by atoms with Gasteiger partial charge in [0.2, 0.25) is 0 Å². The van der Waals surface area contributed by atoms with Gasteiger partial charge in [0.05, 0.1) is 4.92 Å². The third-order valence-corrected chi connectivity index (χ3v) is 3.68. The number of para-hydroxylation sites is 1. The number of nitrogens with zero attached hydrogens (tertiary/aromatic N) is 2. The van der Waals surface area contributed by atoms with Crippen LogP contribution in [-0.2, 0) is 6.42 Å². The summed E-state index contributed by atoms with van der Waals surface area (Å²) in [4.78, 5) is 12.9. The molecule has 110 valence electrons. The summed E-state index contributed by atoms with van der Waals surface area (Å²) in [6.07, 6.45) is 1.54. The van der Waals surface area contributed by atoms with Crippen molar-refractivity contribution in [3.8, 4) is 0 Å². The summed E-state index contributed by atoms with van der Waals surface area (Å²) < 4.78 is 0. The average Bonchev–Trinajstić information content (AvgIpc) is 2.48. The van der Waals surface area contributed by atoms with Crippen molar-refractivity contribution in [2.75, 3.05) is 14.1 Å². The van der Waals surface area contributed by atoms with Crippen LogP contribution in [-0.4, -0.2) is 23.9 Å². The molecule has 0 heterocycles. The van der Waals surface area contributed by atoms with Crippen molar-refractivity contribution in [2.24, 2.45) is 0 Å². The first-order valence-corrected chi connectivity index (χ1v) is 7.03. The second-order valence-electron chi connectivity index (χ2n) is 5.31. The zero-order valence-corrected chi connectivity index (χ0v) is 12.4. The molecule has 0 saturated heterocycles. The van der Waals surface area contributed by atoms with Crippen LogP contribution in [0.1, 0.15) is 23.6 Å². The molecule has 0 aliphatic carbocycles. The van der Waals surface area contributed by atoms with Gasteiger partial charge in [-0.05, 0) is 32.5 Å². The van der Waals surface area contributed by atoms with Gasteiger partial charge >= 0.3 is 0 Å². The lowest BCUT2D eigenvalue weighted by Crippen LogP contribution is -2.20. The number of hydrogen-bond donors (Lipinski definition) is 0. The van der Waals surface area contributed by atoms with Crippen molar-refractivity contribution < 1.29 is 4.92 Å². The predicted molar refractivity (Wildman–Crippen MR) is 84.3 cm³/mol. The summed E-state index contributed by atoms with van der Waals surface area (Å²) >= 11 is 0. The van der Waals surface area contributed by atoms with Crippen LogP contribution in [0.3, 0.4) is 0 Å². The third kappa shape index (κ3) is 3.89. The van der Waals surface area contributed by atoms with Gasteiger partial charge in [0.15, 0.2) is 0 Å². The highest BCUT2D eigenvalue weighted by Gasteiger charge is 2.17. The van der Waals surface area contributed by atoms with Gasteiger partial charge in [-0.2, -0.15) is 0 Å². The molecule has 4 heteroatoms. The highest BCUT2D eigenvalue weighted by molar-refractivity contribution is 5.40. The normalized spacial score (nSPS) is 12.3. The molecule has 1 atom stereocenters. The molecular formula is C17H20N2O2. The topological polar surface area (TPSA) is 46.4 Å². The number of nitro benzene ring substituents is 1. The molecule has 4 nitrogen and oxygen atoms in total. The van der Waals surface area contributed by atoms with Gasteiger partial charge in [-0.25, -0.2) is 0 Å². The minimum Gasteiger partial charge on any atom is -0.302 e. The molecule has 2 aromatic carbocycles. The van der Waals surface area contributed by atoms with Crippen molar-refractivity contribution >= 4 is 5.69 Å². The van der Waals surface area contributed by atoms with E-state index in [4.69, 9.17) is 0 Å². The number of rotatable bonds is 6. The van der Waals surface area contributed by atoms with E-state index in [0.29, 0.717) is 6.42 Å². The first kappa shape index (κ1) is 15.2. The van der Waals surface area contributed by atoms with Gasteiger partial charge < -0.3 is 4.90 Å². The van der Waals surface area contributed by atoms with Gasteiger partial charge in [-0.3, -0.25) is 10.1 Å². The molecule has 0 saturated carbocycles. The first-order valence-electron chi connectivity index (χ1n) is 7.03. The van der Waals surface area contributed by atoms with E-state index in [1.165, 1.54) is 5.56 Å². The molecule has 0 radical (unpaired) electrons. The Hall–Kier alpha value is -2.20. The number of nitro groups is 1. The van der Waals surface area contributed by atoms with Gasteiger partial charge in [0.25, 0.3) is 5.69 Å². The molecule has 0 bridgehead atoms. The van der Waals surface area contributed by atoms with Crippen molar-refractivity contribution in [1.82, 2.24) is 4.90 Å². The summed E-state index contributed by atoms with van der Waals surface area (Å²) in [6.45, 7) is 0. The highest BCUT2D eigenvalue weighted by atomic mass is 16.6. The number of hydrogen-bond acceptors (Lipinski definition) is 3. The minimum absolute atomic E-state index is 0.211. The molecule has 0 spiro atoms. The Morgan fingerprint density at radius 1 is 1.05 bits per heavy atom. The maximum Gasteiger partial charge on any atom is 0.272 e. The Morgan fingerprint density at radius 2 is 1.67 bits per heavy atom. The van der Waals surface area contributed by atoms with Crippen LogP contribution < -0.4 is 0 Å². The Morgan fingerprint density at radius 3 is 2.29 bits per heavy atom. The van der Waals surface area contributed by atoms with E-state index in [0.717, 1.165) is 12.0 Å². The smallest absolute Gasteiger partial charge is 0.272 e. The molecule has 0 fully saturated rings. The maximum atomic E-state index is 11.1. The molecule has 2 rings (SSSR count). The molecule has 0 unspecified atom stereocenters. The summed E-state index contributed by atoms with van der Waals surface area (Å²) in [5, 5.41) is 11.1. The molecule has 21 heavy (non-hydrogen) atoms. The summed E-state index contributed by atoms with van der Waals surface area (Å²) in [6, 6.07) is 17.5. The summed E-state index contributed by atoms with van der Waals surface area (Å²) in [5.41, 5.74) is 2.24. The quantitative estimate of drug-likeness (QED) is 0.598. The van der Waals surface area contributed by atoms with Crippen LogP contribution in [0, 0.1) is 10.1 Å². The Bertz CT molecular complexity index is 597. The van der Waals surface area contributed by atoms with Gasteiger partial charge in [-0.1, -0.05) is 48.5 Å². The van der Waals surface area contributed by atoms with Crippen molar-refractivity contribution in [3.63, 3.8) is 0 Å². The molecule has 0 N–H and O–H groups in total. The average molecular weight is 284 g/mol. The summed E-state index contributed by atoms with van der Waals surface area (Å²) in [5.74, 6) is 0. The van der Waals surface area contributed by atoms with E-state index in [1.807, 2.05) is 44.4 Å². The van der Waals surface area contributed by atoms with E-state index in [-0.39, 0.29) is 16.7 Å². The standard InChI is InChI=1S/C17H20N2O2/c1-18(2)16(14-8-4-3-5-9-14)13-12-15-10-6-7-11-17(15)19(20)21/h3-11,16H,12-13H2,1-2H3/t16-/m0/s1. The highest BCUT2D eigenvalue weighted by Crippen LogP contribution is 2.26. The van der Waals surface area contributed by atoms with Crippen molar-refractivity contribution in [1.29, 1.82) is 0 Å². The van der Waals surface area contributed by atoms with E-state index in [2.05, 4.69) is 17.0 Å². The van der Waals surface area contributed by atoms with E-state index in [1.54, 1.807) is 12.1 Å². The fraction of sp³-hybridized carbons (Fsp3) is 0.294. The van der Waals surface area contributed by atoms with Crippen LogP contribution in [0.15, 0.2) is 54.6 Å². The second kappa shape index (κ2) is 6.99. The van der Waals surface area contributed by atoms with Crippen molar-refractivity contribution in [3.05, 3.63) is 75.8 Å². The lowest BCUT2D eigenvalue weighted by Gasteiger charge is -2.24. The molecule has 2 aromatic rings. The van der Waals surface area contributed by atoms with E-state index in [9.17, 15) is 10.1 Å². The first-order chi connectivity index (χ1) is 10.1. The van der Waals surface area contributed by atoms with Gasteiger partial charge in [0, 0.05) is 17.7 Å². The lowest BCUT2D eigenvalue weighted by atomic mass is 9.97. The SMILES string of the molecule is CN(C)[C@@H](CCc1ccccc1[N+](=O)[O-])c1ccccc1. The Balaban J connectivity index is 2.15. The third-order valence-electron chi connectivity index (χ3n) is 3.68. The molecule has 0 aliphatic heterocycles. The fourth-order valence-corrected chi connectivity index (χ4v) is 2.59. The summed E-state index contributed by atoms with van der Waals surface area (Å²) in [7, 11) is 4.08. The molecule has 0 aromatic heterocycles. The predicted octanol–water partition coefficient (Wildman–Crippen LogP) is 3.83. The molecule has 0 amide bonds. The van der Waals surface area contributed by atoms with Gasteiger partial charge in [-0.15, -0.1) is 0 Å². The number of benzene rings is 2. The zero-order chi connectivity index (χ0) is 15.2. The van der Waals surface area contributed by atoms with Gasteiger partial charge in [0.1, 0.15) is 0 Å². The van der Waals surface area contributed by atoms with Crippen LogP contribution in [0.2, 0.25) is 0 Å². The van der Waals surface area contributed by atoms with E-state index >= 15 is 0 Å². The lowest BCUT2D eigenvalue weighted by molar-refractivity contribution is -0.385. The Kier molecular flexibility index (Phi) is 5.06. The fourth-order valence-electron chi connectivity index (χ4n) is 2.59. The van der Waals surface area contributed by atoms with Crippen molar-refractivity contribution in [2.45, 2.75) is 18.9 Å². The number of aryl methyl sites for hydroxylation is 1. The Labute approximate surface area is 125 Å². The van der Waals surface area contributed by atoms with Crippen LogP contribution in [0.4, 0.5) is 5.69 Å². The minimum atomic E-state index is -0.303. The zero-order valence-electron chi connectivity index (χ0n) is 12.4. The monoisotopic (exact) mass is 284 g/mol. The van der Waals surface area contributed by atoms with E-state index < -0.39 is 0 Å². The largest absolute Gasteiger partial charge is 0.302 e. The maximum absolute atomic E-state index is 11.1. The molecule has 0 aliphatic rings. The van der Waals surface area contributed by atoms with Crippen LogP contribution in [0.25, 0.3) is 0 Å². The second-order valence-corrected chi connectivity index (χ2v) is 5.31.